The zero-order valence-corrected chi connectivity index (χ0v) is 15.8. The second kappa shape index (κ2) is 12.0. The Bertz CT molecular complexity index is 316. The lowest BCUT2D eigenvalue weighted by Gasteiger charge is -2.35. The van der Waals surface area contributed by atoms with Gasteiger partial charge in [-0.05, 0) is 58.3 Å². The first kappa shape index (κ1) is 20.7. The van der Waals surface area contributed by atoms with E-state index in [0.717, 1.165) is 51.6 Å². The molecule has 1 rings (SSSR count). The molecule has 0 radical (unpaired) electrons. The first-order valence-electron chi connectivity index (χ1n) is 9.50. The van der Waals surface area contributed by atoms with Gasteiger partial charge in [0.25, 0.3) is 0 Å². The number of ether oxygens (including phenoxy) is 3. The Morgan fingerprint density at radius 3 is 2.48 bits per heavy atom. The van der Waals surface area contributed by atoms with Crippen LogP contribution in [-0.2, 0) is 14.2 Å². The van der Waals surface area contributed by atoms with Crippen LogP contribution in [0.3, 0.4) is 0 Å². The highest BCUT2D eigenvalue weighted by Crippen LogP contribution is 2.34. The van der Waals surface area contributed by atoms with Crippen molar-refractivity contribution in [3.8, 4) is 0 Å². The van der Waals surface area contributed by atoms with Crippen LogP contribution in [0.25, 0.3) is 0 Å². The molecule has 23 heavy (non-hydrogen) atoms. The van der Waals surface area contributed by atoms with Gasteiger partial charge in [0.1, 0.15) is 0 Å². The van der Waals surface area contributed by atoms with E-state index in [2.05, 4.69) is 34.3 Å². The monoisotopic (exact) mass is 326 g/mol. The molecule has 136 valence electrons. The molecule has 1 saturated carbocycles. The van der Waals surface area contributed by atoms with E-state index in [-0.39, 0.29) is 0 Å². The van der Waals surface area contributed by atoms with E-state index in [1.807, 2.05) is 0 Å². The zero-order valence-electron chi connectivity index (χ0n) is 15.8. The molecule has 0 spiro atoms. The molecule has 0 aromatic carbocycles. The molecule has 0 saturated heterocycles. The molecule has 3 nitrogen and oxygen atoms in total. The maximum Gasteiger partial charge on any atom is 0.0642 e. The fourth-order valence-electron chi connectivity index (χ4n) is 3.14. The summed E-state index contributed by atoms with van der Waals surface area (Å²) in [6.45, 7) is 16.0. The first-order chi connectivity index (χ1) is 11.0. The van der Waals surface area contributed by atoms with Gasteiger partial charge in [0.2, 0.25) is 0 Å². The van der Waals surface area contributed by atoms with Crippen LogP contribution in [0, 0.1) is 11.8 Å². The van der Waals surface area contributed by atoms with Crippen molar-refractivity contribution in [1.29, 1.82) is 0 Å². The summed E-state index contributed by atoms with van der Waals surface area (Å²) in [6, 6.07) is 0. The summed E-state index contributed by atoms with van der Waals surface area (Å²) in [7, 11) is 0. The predicted octanol–water partition coefficient (Wildman–Crippen LogP) is 5.00. The molecular weight excluding hydrogens is 288 g/mol. The van der Waals surface area contributed by atoms with E-state index in [1.54, 1.807) is 0 Å². The normalized spacial score (nSPS) is 26.2. The summed E-state index contributed by atoms with van der Waals surface area (Å²) in [5.74, 6) is 1.32. The molecule has 4 atom stereocenters. The van der Waals surface area contributed by atoms with Crippen molar-refractivity contribution in [2.24, 2.45) is 11.8 Å². The Balaban J connectivity index is 2.02. The lowest BCUT2D eigenvalue weighted by molar-refractivity contribution is -0.0223. The van der Waals surface area contributed by atoms with Crippen LogP contribution in [0.4, 0.5) is 0 Å². The smallest absolute Gasteiger partial charge is 0.0642 e. The average Bonchev–Trinajstić information content (AvgIpc) is 2.52. The molecular formula is C20H38O3. The number of hydrogen-bond donors (Lipinski definition) is 0. The predicted molar refractivity (Wildman–Crippen MR) is 96.8 cm³/mol. The van der Waals surface area contributed by atoms with E-state index < -0.39 is 0 Å². The van der Waals surface area contributed by atoms with Crippen LogP contribution in [-0.4, -0.2) is 38.6 Å². The highest BCUT2D eigenvalue weighted by atomic mass is 16.5. The summed E-state index contributed by atoms with van der Waals surface area (Å²) >= 11 is 0. The second-order valence-electron chi connectivity index (χ2n) is 7.19. The minimum atomic E-state index is 0.361. The Morgan fingerprint density at radius 2 is 1.83 bits per heavy atom. The molecule has 4 unspecified atom stereocenters. The highest BCUT2D eigenvalue weighted by molar-refractivity contribution is 5.02. The van der Waals surface area contributed by atoms with Gasteiger partial charge in [0.15, 0.2) is 0 Å². The van der Waals surface area contributed by atoms with Gasteiger partial charge in [-0.15, -0.1) is 0 Å². The number of rotatable bonds is 12. The fraction of sp³-hybridized carbons (Fsp3) is 0.900. The average molecular weight is 327 g/mol. The molecule has 0 aromatic rings. The van der Waals surface area contributed by atoms with Gasteiger partial charge in [-0.3, -0.25) is 0 Å². The van der Waals surface area contributed by atoms with Gasteiger partial charge in [0, 0.05) is 32.3 Å². The maximum atomic E-state index is 6.14. The molecule has 0 amide bonds. The van der Waals surface area contributed by atoms with Crippen LogP contribution in [0.15, 0.2) is 12.2 Å². The van der Waals surface area contributed by atoms with Gasteiger partial charge in [0.05, 0.1) is 12.2 Å². The van der Waals surface area contributed by atoms with Gasteiger partial charge in [-0.25, -0.2) is 0 Å². The van der Waals surface area contributed by atoms with Crippen molar-refractivity contribution in [3.05, 3.63) is 12.2 Å². The third-order valence-corrected chi connectivity index (χ3v) is 4.86. The highest BCUT2D eigenvalue weighted by Gasteiger charge is 2.29. The van der Waals surface area contributed by atoms with Gasteiger partial charge in [-0.1, -0.05) is 26.0 Å². The molecule has 0 N–H and O–H groups in total. The summed E-state index contributed by atoms with van der Waals surface area (Å²) in [5, 5.41) is 0. The van der Waals surface area contributed by atoms with Crippen LogP contribution in [0.5, 0.6) is 0 Å². The molecule has 1 aliphatic carbocycles. The van der Waals surface area contributed by atoms with Gasteiger partial charge >= 0.3 is 0 Å². The van der Waals surface area contributed by atoms with E-state index in [1.165, 1.54) is 24.8 Å². The molecule has 3 heteroatoms. The Hall–Kier alpha value is -0.380. The standard InChI is InChI=1S/C20H38O3/c1-6-18(5)22-13-7-11-21-12-8-14-23-20-15-17(4)9-10-19(20)16(2)3/h17-20H,2,6-15H2,1,3-5H3. The first-order valence-corrected chi connectivity index (χ1v) is 9.50. The van der Waals surface area contributed by atoms with Crippen molar-refractivity contribution < 1.29 is 14.2 Å². The lowest BCUT2D eigenvalue weighted by Crippen LogP contribution is -2.32. The largest absolute Gasteiger partial charge is 0.381 e. The Labute approximate surface area is 143 Å². The second-order valence-corrected chi connectivity index (χ2v) is 7.19. The van der Waals surface area contributed by atoms with Gasteiger partial charge in [-0.2, -0.15) is 0 Å². The minimum absolute atomic E-state index is 0.361. The lowest BCUT2D eigenvalue weighted by atomic mass is 9.78. The van der Waals surface area contributed by atoms with Crippen molar-refractivity contribution in [1.82, 2.24) is 0 Å². The van der Waals surface area contributed by atoms with E-state index in [4.69, 9.17) is 14.2 Å². The van der Waals surface area contributed by atoms with Crippen LogP contribution in [0.2, 0.25) is 0 Å². The summed E-state index contributed by atoms with van der Waals surface area (Å²) in [5.41, 5.74) is 1.28. The number of hydrogen-bond acceptors (Lipinski definition) is 3. The van der Waals surface area contributed by atoms with Gasteiger partial charge < -0.3 is 14.2 Å². The third kappa shape index (κ3) is 8.88. The van der Waals surface area contributed by atoms with Crippen LogP contribution in [0.1, 0.15) is 66.2 Å². The van der Waals surface area contributed by atoms with Crippen molar-refractivity contribution in [3.63, 3.8) is 0 Å². The van der Waals surface area contributed by atoms with Crippen LogP contribution >= 0.6 is 0 Å². The van der Waals surface area contributed by atoms with Crippen LogP contribution < -0.4 is 0 Å². The summed E-state index contributed by atoms with van der Waals surface area (Å²) in [4.78, 5) is 0. The zero-order chi connectivity index (χ0) is 17.1. The van der Waals surface area contributed by atoms with E-state index in [0.29, 0.717) is 18.1 Å². The van der Waals surface area contributed by atoms with Crippen molar-refractivity contribution >= 4 is 0 Å². The Morgan fingerprint density at radius 1 is 1.13 bits per heavy atom. The van der Waals surface area contributed by atoms with E-state index in [9.17, 15) is 0 Å². The topological polar surface area (TPSA) is 27.7 Å². The molecule has 0 aliphatic heterocycles. The SMILES string of the molecule is C=C(C)C1CCC(C)CC1OCCCOCCCOC(C)CC. The summed E-state index contributed by atoms with van der Waals surface area (Å²) in [6.07, 6.45) is 7.45. The fourth-order valence-corrected chi connectivity index (χ4v) is 3.14. The molecule has 1 aliphatic rings. The third-order valence-electron chi connectivity index (χ3n) is 4.86. The molecule has 0 heterocycles. The quantitative estimate of drug-likeness (QED) is 0.373. The summed E-state index contributed by atoms with van der Waals surface area (Å²) < 4.78 is 17.4. The van der Waals surface area contributed by atoms with Crippen molar-refractivity contribution in [2.45, 2.75) is 78.4 Å². The molecule has 0 bridgehead atoms. The Kier molecular flexibility index (Phi) is 10.8. The minimum Gasteiger partial charge on any atom is -0.381 e. The molecule has 0 aromatic heterocycles. The maximum absolute atomic E-state index is 6.14. The molecule has 1 fully saturated rings. The van der Waals surface area contributed by atoms with Crippen molar-refractivity contribution in [2.75, 3.05) is 26.4 Å². The van der Waals surface area contributed by atoms with E-state index >= 15 is 0 Å².